The molecule has 1 atom stereocenters. The SMILES string of the molecule is CSc1sc(C)cc1[C@H]1C(C#N)=C(N)N(c2cccc(Br)c2)C2=C1C(=O)CCC2. The molecule has 1 aliphatic heterocycles. The second-order valence-electron chi connectivity index (χ2n) is 7.10. The summed E-state index contributed by atoms with van der Waals surface area (Å²) in [6.45, 7) is 2.06. The van der Waals surface area contributed by atoms with Crippen molar-refractivity contribution in [1.29, 1.82) is 5.26 Å². The number of carbonyl (C=O) groups excluding carboxylic acids is 1. The summed E-state index contributed by atoms with van der Waals surface area (Å²) in [6.07, 6.45) is 4.10. The highest BCUT2D eigenvalue weighted by Crippen LogP contribution is 2.49. The van der Waals surface area contributed by atoms with Gasteiger partial charge in [0, 0.05) is 32.7 Å². The number of hydrogen-bond donors (Lipinski definition) is 1. The number of thioether (sulfide) groups is 1. The fourth-order valence-corrected chi connectivity index (χ4v) is 6.48. The molecule has 2 aromatic rings. The number of carbonyl (C=O) groups is 1. The monoisotopic (exact) mass is 485 g/mol. The molecule has 0 amide bonds. The maximum Gasteiger partial charge on any atom is 0.161 e. The molecule has 7 heteroatoms. The summed E-state index contributed by atoms with van der Waals surface area (Å²) < 4.78 is 2.06. The summed E-state index contributed by atoms with van der Waals surface area (Å²) >= 11 is 6.87. The third-order valence-corrected chi connectivity index (χ3v) is 8.03. The Kier molecular flexibility index (Phi) is 5.60. The van der Waals surface area contributed by atoms with E-state index in [1.54, 1.807) is 23.1 Å². The molecule has 0 unspecified atom stereocenters. The molecule has 0 bridgehead atoms. The Balaban J connectivity index is 1.99. The number of rotatable bonds is 3. The number of allylic oxidation sites excluding steroid dienone is 3. The van der Waals surface area contributed by atoms with Crippen LogP contribution < -0.4 is 10.6 Å². The van der Waals surface area contributed by atoms with Gasteiger partial charge in [0.05, 0.1) is 21.8 Å². The molecule has 0 saturated heterocycles. The van der Waals surface area contributed by atoms with Gasteiger partial charge in [0.25, 0.3) is 0 Å². The van der Waals surface area contributed by atoms with Crippen LogP contribution in [0, 0.1) is 18.3 Å². The molecule has 0 radical (unpaired) electrons. The summed E-state index contributed by atoms with van der Waals surface area (Å²) in [4.78, 5) is 16.2. The van der Waals surface area contributed by atoms with Crippen LogP contribution in [0.1, 0.15) is 35.6 Å². The normalized spacial score (nSPS) is 19.4. The van der Waals surface area contributed by atoms with E-state index in [1.807, 2.05) is 35.4 Å². The molecule has 2 aliphatic rings. The first-order valence-electron chi connectivity index (χ1n) is 9.32. The number of nitrogens with two attached hydrogens (primary N) is 1. The van der Waals surface area contributed by atoms with Crippen molar-refractivity contribution < 1.29 is 4.79 Å². The molecular formula is C22H20BrN3OS2. The largest absolute Gasteiger partial charge is 0.384 e. The smallest absolute Gasteiger partial charge is 0.161 e. The first kappa shape index (κ1) is 20.3. The number of Topliss-reactive ketones (excluding diaryl/α,β-unsaturated/α-hetero) is 1. The van der Waals surface area contributed by atoms with Gasteiger partial charge in [-0.3, -0.25) is 9.69 Å². The highest BCUT2D eigenvalue weighted by atomic mass is 79.9. The van der Waals surface area contributed by atoms with Gasteiger partial charge in [0.15, 0.2) is 5.78 Å². The van der Waals surface area contributed by atoms with Gasteiger partial charge < -0.3 is 5.73 Å². The Morgan fingerprint density at radius 3 is 2.83 bits per heavy atom. The maximum atomic E-state index is 13.2. The molecule has 1 aliphatic carbocycles. The lowest BCUT2D eigenvalue weighted by Crippen LogP contribution is -2.38. The minimum Gasteiger partial charge on any atom is -0.384 e. The molecule has 2 heterocycles. The van der Waals surface area contributed by atoms with Crippen LogP contribution in [0.2, 0.25) is 0 Å². The zero-order valence-corrected chi connectivity index (χ0v) is 19.4. The quantitative estimate of drug-likeness (QED) is 0.552. The van der Waals surface area contributed by atoms with E-state index in [0.717, 1.165) is 44.0 Å². The molecule has 1 aromatic heterocycles. The molecular weight excluding hydrogens is 466 g/mol. The highest BCUT2D eigenvalue weighted by Gasteiger charge is 2.41. The van der Waals surface area contributed by atoms with Gasteiger partial charge in [-0.25, -0.2) is 0 Å². The molecule has 2 N–H and O–H groups in total. The number of halogens is 1. The van der Waals surface area contributed by atoms with Crippen LogP contribution in [-0.4, -0.2) is 12.0 Å². The number of thiophene rings is 1. The number of nitrogens with zero attached hydrogens (tertiary/aromatic N) is 2. The van der Waals surface area contributed by atoms with Crippen molar-refractivity contribution in [2.45, 2.75) is 36.3 Å². The van der Waals surface area contributed by atoms with Crippen molar-refractivity contribution in [3.8, 4) is 6.07 Å². The van der Waals surface area contributed by atoms with E-state index in [1.165, 1.54) is 4.88 Å². The van der Waals surface area contributed by atoms with Crippen LogP contribution in [0.25, 0.3) is 0 Å². The molecule has 4 rings (SSSR count). The molecule has 0 fully saturated rings. The predicted molar refractivity (Wildman–Crippen MR) is 123 cm³/mol. The Labute approximate surface area is 187 Å². The zero-order chi connectivity index (χ0) is 20.7. The fourth-order valence-electron chi connectivity index (χ4n) is 4.18. The second-order valence-corrected chi connectivity index (χ2v) is 10.3. The summed E-state index contributed by atoms with van der Waals surface area (Å²) in [7, 11) is 0. The average Bonchev–Trinajstić information content (AvgIpc) is 3.07. The van der Waals surface area contributed by atoms with Gasteiger partial charge in [-0.05, 0) is 55.9 Å². The third-order valence-electron chi connectivity index (χ3n) is 5.32. The van der Waals surface area contributed by atoms with Gasteiger partial charge in [0.1, 0.15) is 5.82 Å². The van der Waals surface area contributed by atoms with E-state index in [0.29, 0.717) is 17.8 Å². The Bertz CT molecular complexity index is 1110. The number of nitriles is 1. The van der Waals surface area contributed by atoms with Crippen LogP contribution in [0.5, 0.6) is 0 Å². The lowest BCUT2D eigenvalue weighted by Gasteiger charge is -2.39. The van der Waals surface area contributed by atoms with Crippen LogP contribution in [0.4, 0.5) is 5.69 Å². The number of benzene rings is 1. The van der Waals surface area contributed by atoms with Crippen molar-refractivity contribution in [3.05, 3.63) is 67.9 Å². The maximum absolute atomic E-state index is 13.2. The van der Waals surface area contributed by atoms with Gasteiger partial charge in [-0.2, -0.15) is 5.26 Å². The fraction of sp³-hybridized carbons (Fsp3) is 0.273. The van der Waals surface area contributed by atoms with Crippen LogP contribution in [0.3, 0.4) is 0 Å². The lowest BCUT2D eigenvalue weighted by molar-refractivity contribution is -0.116. The molecule has 4 nitrogen and oxygen atoms in total. The van der Waals surface area contributed by atoms with Crippen molar-refractivity contribution in [3.63, 3.8) is 0 Å². The Morgan fingerprint density at radius 2 is 2.14 bits per heavy atom. The first-order chi connectivity index (χ1) is 14.0. The second kappa shape index (κ2) is 8.02. The number of hydrogen-bond acceptors (Lipinski definition) is 6. The average molecular weight is 486 g/mol. The molecule has 1 aromatic carbocycles. The molecule has 0 saturated carbocycles. The van der Waals surface area contributed by atoms with Crippen molar-refractivity contribution in [2.24, 2.45) is 5.73 Å². The van der Waals surface area contributed by atoms with Crippen LogP contribution >= 0.6 is 39.0 Å². The summed E-state index contributed by atoms with van der Waals surface area (Å²) in [5, 5.41) is 10.1. The van der Waals surface area contributed by atoms with Crippen molar-refractivity contribution in [1.82, 2.24) is 0 Å². The summed E-state index contributed by atoms with van der Waals surface area (Å²) in [5.41, 5.74) is 10.6. The van der Waals surface area contributed by atoms with E-state index in [2.05, 4.69) is 35.0 Å². The molecule has 29 heavy (non-hydrogen) atoms. The van der Waals surface area contributed by atoms with Gasteiger partial charge in [-0.1, -0.05) is 22.0 Å². The summed E-state index contributed by atoms with van der Waals surface area (Å²) in [6, 6.07) is 12.2. The van der Waals surface area contributed by atoms with E-state index in [4.69, 9.17) is 5.73 Å². The standard InChI is InChI=1S/C22H20BrN3OS2/c1-12-9-15(22(28-2)29-12)19-16(11-24)21(25)26(14-6-3-5-13(23)10-14)17-7-4-8-18(27)20(17)19/h3,5-6,9-10,19H,4,7-8,25H2,1-2H3/t19-/m0/s1. The van der Waals surface area contributed by atoms with E-state index in [9.17, 15) is 10.1 Å². The first-order valence-corrected chi connectivity index (χ1v) is 12.2. The Morgan fingerprint density at radius 1 is 1.34 bits per heavy atom. The Hall–Kier alpha value is -2.01. The van der Waals surface area contributed by atoms with E-state index >= 15 is 0 Å². The van der Waals surface area contributed by atoms with Crippen molar-refractivity contribution >= 4 is 50.5 Å². The minimum atomic E-state index is -0.390. The molecule has 148 valence electrons. The lowest BCUT2D eigenvalue weighted by atomic mass is 9.76. The predicted octanol–water partition coefficient (Wildman–Crippen LogP) is 5.85. The van der Waals surface area contributed by atoms with Crippen LogP contribution in [0.15, 0.2) is 61.7 Å². The van der Waals surface area contributed by atoms with Gasteiger partial charge >= 0.3 is 0 Å². The minimum absolute atomic E-state index is 0.118. The third kappa shape index (κ3) is 3.43. The van der Waals surface area contributed by atoms with Gasteiger partial charge in [0.2, 0.25) is 0 Å². The zero-order valence-electron chi connectivity index (χ0n) is 16.2. The van der Waals surface area contributed by atoms with Crippen LogP contribution in [-0.2, 0) is 4.79 Å². The summed E-state index contributed by atoms with van der Waals surface area (Å²) in [5.74, 6) is 0.144. The van der Waals surface area contributed by atoms with E-state index < -0.39 is 5.92 Å². The molecule has 0 spiro atoms. The number of ketones is 1. The van der Waals surface area contributed by atoms with Crippen molar-refractivity contribution in [2.75, 3.05) is 11.2 Å². The number of aryl methyl sites for hydroxylation is 1. The van der Waals surface area contributed by atoms with Gasteiger partial charge in [-0.15, -0.1) is 23.1 Å². The highest BCUT2D eigenvalue weighted by molar-refractivity contribution is 9.10. The number of anilines is 1. The van der Waals surface area contributed by atoms with E-state index in [-0.39, 0.29) is 5.78 Å². The topological polar surface area (TPSA) is 70.1 Å².